The Labute approximate surface area is 224 Å². The molecule has 0 fully saturated rings. The molecule has 1 atom stereocenters. The third kappa shape index (κ3) is 6.17. The van der Waals surface area contributed by atoms with Gasteiger partial charge in [0.25, 0.3) is 5.91 Å². The first-order valence-corrected chi connectivity index (χ1v) is 13.0. The number of anilines is 1. The maximum atomic E-state index is 13.2. The van der Waals surface area contributed by atoms with E-state index >= 15 is 0 Å². The zero-order chi connectivity index (χ0) is 27.2. The molecule has 0 bridgehead atoms. The van der Waals surface area contributed by atoms with Crippen LogP contribution in [0.1, 0.15) is 37.5 Å². The maximum Gasteiger partial charge on any atom is 0.415 e. The molecule has 0 saturated heterocycles. The number of hydrogen-bond acceptors (Lipinski definition) is 4. The Morgan fingerprint density at radius 1 is 0.947 bits per heavy atom. The zero-order valence-corrected chi connectivity index (χ0v) is 22.7. The molecule has 1 heterocycles. The molecule has 4 aromatic rings. The highest BCUT2D eigenvalue weighted by atomic mass is 16.6. The standard InChI is InChI=1S/C31H35N3O4/c1-6-33(7-2)31(36)38-28-14-13-27-26(15-16-34(27)20-24-18-21(3)17-22(4)19-24)29(28)32-30(35)23(5)37-25-11-9-8-10-12-25/h8-19,23H,6-7,20H2,1-5H3,(H,32,35). The summed E-state index contributed by atoms with van der Waals surface area (Å²) in [6, 6.07) is 21.3. The lowest BCUT2D eigenvalue weighted by Gasteiger charge is -2.21. The molecular formula is C31H35N3O4. The van der Waals surface area contributed by atoms with E-state index in [9.17, 15) is 9.59 Å². The van der Waals surface area contributed by atoms with Crippen LogP contribution in [0.4, 0.5) is 10.5 Å². The molecule has 38 heavy (non-hydrogen) atoms. The van der Waals surface area contributed by atoms with E-state index < -0.39 is 12.2 Å². The van der Waals surface area contributed by atoms with Gasteiger partial charge in [0, 0.05) is 31.2 Å². The summed E-state index contributed by atoms with van der Waals surface area (Å²) < 4.78 is 13.7. The summed E-state index contributed by atoms with van der Waals surface area (Å²) in [5.41, 5.74) is 4.96. The Bertz CT molecular complexity index is 1400. The lowest BCUT2D eigenvalue weighted by atomic mass is 10.1. The zero-order valence-electron chi connectivity index (χ0n) is 22.7. The predicted octanol–water partition coefficient (Wildman–Crippen LogP) is 6.55. The molecule has 0 spiro atoms. The Balaban J connectivity index is 1.68. The minimum absolute atomic E-state index is 0.291. The monoisotopic (exact) mass is 513 g/mol. The third-order valence-electron chi connectivity index (χ3n) is 6.44. The first-order chi connectivity index (χ1) is 18.3. The summed E-state index contributed by atoms with van der Waals surface area (Å²) >= 11 is 0. The summed E-state index contributed by atoms with van der Waals surface area (Å²) in [5.74, 6) is 0.545. The highest BCUT2D eigenvalue weighted by Gasteiger charge is 2.22. The summed E-state index contributed by atoms with van der Waals surface area (Å²) in [6.07, 6.45) is 0.752. The van der Waals surface area contributed by atoms with Crippen molar-refractivity contribution in [3.63, 3.8) is 0 Å². The number of nitrogens with one attached hydrogen (secondary N) is 1. The number of nitrogens with zero attached hydrogens (tertiary/aromatic N) is 2. The van der Waals surface area contributed by atoms with Gasteiger partial charge in [-0.25, -0.2) is 4.79 Å². The van der Waals surface area contributed by atoms with Gasteiger partial charge in [-0.1, -0.05) is 47.5 Å². The second kappa shape index (κ2) is 11.9. The fourth-order valence-corrected chi connectivity index (χ4v) is 4.58. The molecule has 3 aromatic carbocycles. The van der Waals surface area contributed by atoms with E-state index in [1.54, 1.807) is 30.0 Å². The van der Waals surface area contributed by atoms with Gasteiger partial charge in [-0.05, 0) is 70.5 Å². The molecule has 4 rings (SSSR count). The second-order valence-electron chi connectivity index (χ2n) is 9.41. The number of rotatable bonds is 9. The SMILES string of the molecule is CCN(CC)C(=O)Oc1ccc2c(ccn2Cc2cc(C)cc(C)c2)c1NC(=O)C(C)Oc1ccccc1. The number of aryl methyl sites for hydroxylation is 2. The highest BCUT2D eigenvalue weighted by molar-refractivity contribution is 6.06. The average molecular weight is 514 g/mol. The van der Waals surface area contributed by atoms with Crippen LogP contribution < -0.4 is 14.8 Å². The molecule has 0 radical (unpaired) electrons. The molecule has 0 aliphatic heterocycles. The van der Waals surface area contributed by atoms with Crippen LogP contribution in [0.15, 0.2) is 72.9 Å². The number of carbonyl (C=O) groups excluding carboxylic acids is 2. The number of benzene rings is 3. The first-order valence-electron chi connectivity index (χ1n) is 13.0. The Hall–Kier alpha value is -4.26. The van der Waals surface area contributed by atoms with Crippen molar-refractivity contribution in [2.75, 3.05) is 18.4 Å². The predicted molar refractivity (Wildman–Crippen MR) is 151 cm³/mol. The first kappa shape index (κ1) is 26.8. The van der Waals surface area contributed by atoms with E-state index in [-0.39, 0.29) is 5.91 Å². The van der Waals surface area contributed by atoms with E-state index in [0.717, 1.165) is 10.9 Å². The number of ether oxygens (including phenoxy) is 2. The smallest absolute Gasteiger partial charge is 0.415 e. The van der Waals surface area contributed by atoms with Crippen LogP contribution >= 0.6 is 0 Å². The summed E-state index contributed by atoms with van der Waals surface area (Å²) in [6.45, 7) is 11.4. The molecule has 1 aromatic heterocycles. The number of amides is 2. The molecule has 1 unspecified atom stereocenters. The lowest BCUT2D eigenvalue weighted by molar-refractivity contribution is -0.122. The second-order valence-corrected chi connectivity index (χ2v) is 9.41. The summed E-state index contributed by atoms with van der Waals surface area (Å²) in [5, 5.41) is 3.75. The van der Waals surface area contributed by atoms with Crippen LogP contribution in [0, 0.1) is 13.8 Å². The van der Waals surface area contributed by atoms with Crippen molar-refractivity contribution in [3.05, 3.63) is 89.6 Å². The van der Waals surface area contributed by atoms with Gasteiger partial charge < -0.3 is 24.3 Å². The maximum absolute atomic E-state index is 13.2. The van der Waals surface area contributed by atoms with Crippen LogP contribution in [-0.2, 0) is 11.3 Å². The van der Waals surface area contributed by atoms with E-state index in [1.165, 1.54) is 16.7 Å². The molecule has 198 valence electrons. The topological polar surface area (TPSA) is 72.8 Å². The van der Waals surface area contributed by atoms with Gasteiger partial charge in [0.2, 0.25) is 0 Å². The molecule has 2 amide bonds. The fraction of sp³-hybridized carbons (Fsp3) is 0.290. The molecular weight excluding hydrogens is 478 g/mol. The van der Waals surface area contributed by atoms with E-state index in [4.69, 9.17) is 9.47 Å². The largest absolute Gasteiger partial charge is 0.481 e. The molecule has 0 saturated carbocycles. The summed E-state index contributed by atoms with van der Waals surface area (Å²) in [7, 11) is 0. The summed E-state index contributed by atoms with van der Waals surface area (Å²) in [4.78, 5) is 27.6. The van der Waals surface area contributed by atoms with Crippen LogP contribution in [0.25, 0.3) is 10.9 Å². The lowest BCUT2D eigenvalue weighted by Crippen LogP contribution is -2.34. The van der Waals surface area contributed by atoms with Crippen molar-refractivity contribution in [3.8, 4) is 11.5 Å². The Morgan fingerprint density at radius 3 is 2.29 bits per heavy atom. The number of fused-ring (bicyclic) bond motifs is 1. The fourth-order valence-electron chi connectivity index (χ4n) is 4.58. The van der Waals surface area contributed by atoms with Crippen LogP contribution in [0.5, 0.6) is 11.5 Å². The van der Waals surface area contributed by atoms with Gasteiger partial charge in [-0.15, -0.1) is 0 Å². The van der Waals surface area contributed by atoms with E-state index in [1.807, 2.05) is 50.4 Å². The molecule has 7 nitrogen and oxygen atoms in total. The molecule has 0 aliphatic rings. The van der Waals surface area contributed by atoms with Crippen LogP contribution in [-0.4, -0.2) is 40.7 Å². The van der Waals surface area contributed by atoms with Crippen molar-refractivity contribution < 1.29 is 19.1 Å². The van der Waals surface area contributed by atoms with Crippen molar-refractivity contribution in [1.82, 2.24) is 9.47 Å². The van der Waals surface area contributed by atoms with E-state index in [0.29, 0.717) is 36.8 Å². The van der Waals surface area contributed by atoms with Gasteiger partial charge in [-0.2, -0.15) is 0 Å². The number of aromatic nitrogens is 1. The average Bonchev–Trinajstić information content (AvgIpc) is 3.28. The number of para-hydroxylation sites is 1. The number of carbonyl (C=O) groups is 2. The molecule has 1 N–H and O–H groups in total. The van der Waals surface area contributed by atoms with Crippen LogP contribution in [0.3, 0.4) is 0 Å². The minimum Gasteiger partial charge on any atom is -0.481 e. The molecule has 0 aliphatic carbocycles. The third-order valence-corrected chi connectivity index (χ3v) is 6.44. The van der Waals surface area contributed by atoms with Gasteiger partial charge in [0.15, 0.2) is 11.9 Å². The van der Waals surface area contributed by atoms with Crippen molar-refractivity contribution in [1.29, 1.82) is 0 Å². The number of hydrogen-bond donors (Lipinski definition) is 1. The van der Waals surface area contributed by atoms with Crippen molar-refractivity contribution in [2.45, 2.75) is 47.3 Å². The van der Waals surface area contributed by atoms with Crippen molar-refractivity contribution in [2.24, 2.45) is 0 Å². The highest BCUT2D eigenvalue weighted by Crippen LogP contribution is 2.35. The minimum atomic E-state index is -0.767. The van der Waals surface area contributed by atoms with Crippen molar-refractivity contribution >= 4 is 28.6 Å². The van der Waals surface area contributed by atoms with Gasteiger partial charge >= 0.3 is 6.09 Å². The Kier molecular flexibility index (Phi) is 8.36. The van der Waals surface area contributed by atoms with Gasteiger partial charge in [0.1, 0.15) is 5.75 Å². The molecule has 7 heteroatoms. The van der Waals surface area contributed by atoms with Gasteiger partial charge in [0.05, 0.1) is 11.2 Å². The Morgan fingerprint density at radius 2 is 1.63 bits per heavy atom. The normalized spacial score (nSPS) is 11.7. The van der Waals surface area contributed by atoms with E-state index in [2.05, 4.69) is 41.9 Å². The quantitative estimate of drug-likeness (QED) is 0.275. The van der Waals surface area contributed by atoms with Gasteiger partial charge in [-0.3, -0.25) is 4.79 Å². The van der Waals surface area contributed by atoms with Crippen LogP contribution in [0.2, 0.25) is 0 Å².